The van der Waals surface area contributed by atoms with E-state index >= 15 is 0 Å². The molecule has 48 heavy (non-hydrogen) atoms. The molecule has 2 aliphatic rings. The number of hydrogen-bond donors (Lipinski definition) is 1. The highest BCUT2D eigenvalue weighted by molar-refractivity contribution is 5.68. The number of esters is 4. The molecule has 2 saturated heterocycles. The molecule has 0 radical (unpaired) electrons. The summed E-state index contributed by atoms with van der Waals surface area (Å²) in [4.78, 5) is 77.1. The van der Waals surface area contributed by atoms with E-state index in [0.717, 1.165) is 41.5 Å². The number of ether oxygens (including phenoxy) is 6. The minimum atomic E-state index is -1.47. The molecular formula is C27H34N8O13. The predicted octanol–water partition coefficient (Wildman–Crippen LogP) is -0.827. The van der Waals surface area contributed by atoms with Crippen LogP contribution in [0.1, 0.15) is 57.8 Å². The van der Waals surface area contributed by atoms with Crippen molar-refractivity contribution < 1.29 is 52.7 Å². The van der Waals surface area contributed by atoms with Gasteiger partial charge in [-0.05, 0) is 12.5 Å². The van der Waals surface area contributed by atoms with Crippen LogP contribution in [-0.4, -0.2) is 103 Å². The molecule has 4 heterocycles. The van der Waals surface area contributed by atoms with E-state index in [-0.39, 0.29) is 24.2 Å². The van der Waals surface area contributed by atoms with Crippen LogP contribution in [0.15, 0.2) is 27.1 Å². The van der Waals surface area contributed by atoms with Crippen LogP contribution in [0.25, 0.3) is 10.4 Å². The lowest BCUT2D eigenvalue weighted by atomic mass is 9.97. The molecule has 0 saturated carbocycles. The third-order valence-electron chi connectivity index (χ3n) is 7.31. The van der Waals surface area contributed by atoms with E-state index in [9.17, 15) is 33.9 Å². The Balaban J connectivity index is 1.69. The highest BCUT2D eigenvalue weighted by Crippen LogP contribution is 2.34. The van der Waals surface area contributed by atoms with E-state index < -0.39 is 97.4 Å². The van der Waals surface area contributed by atoms with Crippen LogP contribution in [0.5, 0.6) is 0 Å². The second-order valence-electron chi connectivity index (χ2n) is 11.0. The summed E-state index contributed by atoms with van der Waals surface area (Å²) in [5.74, 6) is -3.13. The second-order valence-corrected chi connectivity index (χ2v) is 11.0. The average Bonchev–Trinajstić information content (AvgIpc) is 3.62. The normalized spacial score (nSPS) is 26.6. The van der Waals surface area contributed by atoms with Crippen LogP contribution in [0.2, 0.25) is 0 Å². The maximum Gasteiger partial charge on any atom is 0.333 e. The lowest BCUT2D eigenvalue weighted by molar-refractivity contribution is -0.270. The maximum absolute atomic E-state index is 13.5. The summed E-state index contributed by atoms with van der Waals surface area (Å²) in [5, 5.41) is 21.8. The maximum atomic E-state index is 13.5. The molecule has 0 bridgehead atoms. The Morgan fingerprint density at radius 3 is 2.25 bits per heavy atom. The van der Waals surface area contributed by atoms with Gasteiger partial charge in [0.15, 0.2) is 24.5 Å². The minimum absolute atomic E-state index is 0.0117. The molecule has 0 spiro atoms. The Morgan fingerprint density at radius 2 is 1.62 bits per heavy atom. The highest BCUT2D eigenvalue weighted by atomic mass is 16.7. The van der Waals surface area contributed by atoms with Crippen molar-refractivity contribution in [1.82, 2.24) is 24.1 Å². The molecular weight excluding hydrogens is 644 g/mol. The smallest absolute Gasteiger partial charge is 0.333 e. The number of aliphatic hydroxyl groups is 1. The van der Waals surface area contributed by atoms with E-state index in [4.69, 9.17) is 34.0 Å². The Kier molecular flexibility index (Phi) is 11.3. The van der Waals surface area contributed by atoms with Crippen molar-refractivity contribution in [1.29, 1.82) is 0 Å². The van der Waals surface area contributed by atoms with Crippen LogP contribution < -0.4 is 11.2 Å². The van der Waals surface area contributed by atoms with E-state index in [1.165, 1.54) is 19.3 Å². The number of azide groups is 1. The van der Waals surface area contributed by atoms with Gasteiger partial charge in [0.2, 0.25) is 0 Å². The van der Waals surface area contributed by atoms with Gasteiger partial charge < -0.3 is 33.5 Å². The van der Waals surface area contributed by atoms with E-state index in [0.29, 0.717) is 0 Å². The molecule has 8 atom stereocenters. The largest absolute Gasteiger partial charge is 0.463 e. The predicted molar refractivity (Wildman–Crippen MR) is 155 cm³/mol. The quantitative estimate of drug-likeness (QED) is 0.0999. The van der Waals surface area contributed by atoms with Crippen molar-refractivity contribution in [2.24, 2.45) is 5.11 Å². The third-order valence-corrected chi connectivity index (χ3v) is 7.31. The van der Waals surface area contributed by atoms with Gasteiger partial charge in [0.05, 0.1) is 31.5 Å². The first-order valence-corrected chi connectivity index (χ1v) is 14.6. The minimum Gasteiger partial charge on any atom is -0.463 e. The number of aryl methyl sites for hydroxylation is 1. The third kappa shape index (κ3) is 8.23. The molecule has 0 aliphatic carbocycles. The zero-order chi connectivity index (χ0) is 35.3. The van der Waals surface area contributed by atoms with Crippen molar-refractivity contribution in [3.63, 3.8) is 0 Å². The number of nitrogens with zero attached hydrogens (tertiary/aromatic N) is 8. The first-order valence-electron chi connectivity index (χ1n) is 14.6. The van der Waals surface area contributed by atoms with Gasteiger partial charge in [-0.1, -0.05) is 10.3 Å². The summed E-state index contributed by atoms with van der Waals surface area (Å²) in [5.41, 5.74) is 7.38. The number of carbonyl (C=O) groups is 4. The number of aliphatic hydroxyl groups excluding tert-OH is 1. The van der Waals surface area contributed by atoms with Crippen molar-refractivity contribution in [3.8, 4) is 0 Å². The van der Waals surface area contributed by atoms with Crippen molar-refractivity contribution in [2.45, 2.75) is 96.7 Å². The zero-order valence-electron chi connectivity index (χ0n) is 26.5. The summed E-state index contributed by atoms with van der Waals surface area (Å²) >= 11 is 0. The lowest BCUT2D eigenvalue weighted by Gasteiger charge is -2.44. The van der Waals surface area contributed by atoms with Gasteiger partial charge >= 0.3 is 29.6 Å². The number of rotatable bonds is 11. The van der Waals surface area contributed by atoms with E-state index in [2.05, 4.69) is 20.3 Å². The van der Waals surface area contributed by atoms with Gasteiger partial charge in [-0.15, -0.1) is 5.10 Å². The van der Waals surface area contributed by atoms with Gasteiger partial charge in [-0.25, -0.2) is 9.48 Å². The van der Waals surface area contributed by atoms with Crippen LogP contribution in [0.4, 0.5) is 0 Å². The van der Waals surface area contributed by atoms with Gasteiger partial charge in [0.1, 0.15) is 24.6 Å². The fourth-order valence-corrected chi connectivity index (χ4v) is 5.36. The van der Waals surface area contributed by atoms with Crippen molar-refractivity contribution >= 4 is 23.9 Å². The number of aromatic nitrogens is 5. The monoisotopic (exact) mass is 678 g/mol. The molecule has 0 amide bonds. The van der Waals surface area contributed by atoms with Gasteiger partial charge in [0, 0.05) is 50.8 Å². The average molecular weight is 679 g/mol. The van der Waals surface area contributed by atoms with E-state index in [1.54, 1.807) is 0 Å². The van der Waals surface area contributed by atoms with Crippen LogP contribution >= 0.6 is 0 Å². The van der Waals surface area contributed by atoms with Crippen LogP contribution in [0.3, 0.4) is 0 Å². The van der Waals surface area contributed by atoms with Crippen molar-refractivity contribution in [2.75, 3.05) is 13.2 Å². The summed E-state index contributed by atoms with van der Waals surface area (Å²) in [6.07, 6.45) is -7.26. The molecule has 2 aliphatic heterocycles. The Bertz CT molecular complexity index is 1710. The van der Waals surface area contributed by atoms with Crippen LogP contribution in [0, 0.1) is 6.92 Å². The van der Waals surface area contributed by atoms with E-state index in [1.807, 2.05) is 0 Å². The molecule has 0 aromatic carbocycles. The summed E-state index contributed by atoms with van der Waals surface area (Å²) in [6, 6.07) is 0. The molecule has 2 aromatic heterocycles. The van der Waals surface area contributed by atoms with Gasteiger partial charge in [-0.2, -0.15) is 0 Å². The first-order chi connectivity index (χ1) is 22.7. The van der Waals surface area contributed by atoms with Gasteiger partial charge in [0.25, 0.3) is 5.56 Å². The standard InChI is InChI=1S/C27H34N8O13/c1-12-8-33(21-6-18(40)19(47-21)7-29-31-28)27(42)34(25(12)41)9-17-10-35(32-30-17)26-24(46-16(5)39)23(45-15(4)38)22(44-14(3)37)20(48-26)11-43-13(2)36/h8,10,18-24,26,40H,6-7,9,11H2,1-5H3/t18-,19-,20-,21-,22+,23?,24?,26+/m1/s1. The summed E-state index contributed by atoms with van der Waals surface area (Å²) < 4.78 is 36.2. The highest BCUT2D eigenvalue weighted by Gasteiger charge is 2.53. The second kappa shape index (κ2) is 15.2. The van der Waals surface area contributed by atoms with Crippen LogP contribution in [-0.2, 0) is 54.1 Å². The molecule has 2 unspecified atom stereocenters. The first kappa shape index (κ1) is 35.7. The fourth-order valence-electron chi connectivity index (χ4n) is 5.36. The SMILES string of the molecule is CC(=O)OC[C@H]1O[C@H](n2cc(Cn3c(=O)c(C)cn([C@H]4C[C@@H](O)[C@@H](CN=[N+]=[N-])O4)c3=O)nn2)C(OC(C)=O)C(OC(C)=O)[C@H]1OC(C)=O. The topological polar surface area (TPSA) is 267 Å². The van der Waals surface area contributed by atoms with Crippen molar-refractivity contribution in [3.05, 3.63) is 54.9 Å². The molecule has 2 aromatic rings. The lowest BCUT2D eigenvalue weighted by Crippen LogP contribution is -2.60. The fraction of sp³-hybridized carbons (Fsp3) is 0.630. The summed E-state index contributed by atoms with van der Waals surface area (Å²) in [7, 11) is 0. The molecule has 21 nitrogen and oxygen atoms in total. The summed E-state index contributed by atoms with van der Waals surface area (Å²) in [6.45, 7) is 4.85. The molecule has 4 rings (SSSR count). The molecule has 260 valence electrons. The molecule has 21 heteroatoms. The molecule has 2 fully saturated rings. The number of carbonyl (C=O) groups excluding carboxylic acids is 4. The zero-order valence-corrected chi connectivity index (χ0v) is 26.5. The Hall–Kier alpha value is -5.11. The Morgan fingerprint density at radius 1 is 0.979 bits per heavy atom. The molecule has 1 N–H and O–H groups in total. The number of hydrogen-bond acceptors (Lipinski definition) is 16. The van der Waals surface area contributed by atoms with Gasteiger partial charge in [-0.3, -0.25) is 33.1 Å². The Labute approximate surface area is 270 Å².